The number of fused-ring (bicyclic) bond motifs is 1. The summed E-state index contributed by atoms with van der Waals surface area (Å²) in [7, 11) is 0. The number of ketones is 1. The van der Waals surface area contributed by atoms with E-state index in [9.17, 15) is 14.4 Å². The van der Waals surface area contributed by atoms with E-state index in [0.717, 1.165) is 27.1 Å². The summed E-state index contributed by atoms with van der Waals surface area (Å²) in [6.07, 6.45) is 1.46. The fraction of sp³-hybridized carbons (Fsp3) is 0.227. The van der Waals surface area contributed by atoms with Gasteiger partial charge in [-0.1, -0.05) is 41.7 Å². The number of carbonyl (C=O) groups is 1. The van der Waals surface area contributed by atoms with Gasteiger partial charge < -0.3 is 5.10 Å². The molecule has 29 heavy (non-hydrogen) atoms. The first kappa shape index (κ1) is 19.1. The van der Waals surface area contributed by atoms with Gasteiger partial charge in [0.15, 0.2) is 0 Å². The number of benzene rings is 2. The van der Waals surface area contributed by atoms with Crippen LogP contribution in [0.2, 0.25) is 0 Å². The average Bonchev–Trinajstić information content (AvgIpc) is 3.23. The zero-order valence-electron chi connectivity index (χ0n) is 16.4. The molecule has 0 amide bonds. The monoisotopic (exact) mass is 407 g/mol. The third-order valence-corrected chi connectivity index (χ3v) is 6.01. The highest BCUT2D eigenvalue weighted by atomic mass is 32.1. The van der Waals surface area contributed by atoms with Crippen molar-refractivity contribution in [2.24, 2.45) is 0 Å². The Kier molecular flexibility index (Phi) is 4.84. The summed E-state index contributed by atoms with van der Waals surface area (Å²) in [5.41, 5.74) is 2.66. The van der Waals surface area contributed by atoms with Gasteiger partial charge in [0.05, 0.1) is 16.8 Å². The Morgan fingerprint density at radius 2 is 1.79 bits per heavy atom. The molecule has 0 aliphatic carbocycles. The number of H-pyrrole nitrogens is 1. The minimum Gasteiger partial charge on any atom is -0.302 e. The minimum atomic E-state index is -0.338. The van der Waals surface area contributed by atoms with E-state index in [4.69, 9.17) is 0 Å². The Balaban J connectivity index is 1.84. The number of nitrogens with zero attached hydrogens (tertiary/aromatic N) is 2. The molecule has 2 aromatic heterocycles. The molecule has 0 aliphatic heterocycles. The van der Waals surface area contributed by atoms with E-state index in [-0.39, 0.29) is 27.8 Å². The van der Waals surface area contributed by atoms with Crippen LogP contribution >= 0.6 is 11.3 Å². The third-order valence-electron chi connectivity index (χ3n) is 5.07. The van der Waals surface area contributed by atoms with Gasteiger partial charge in [-0.3, -0.25) is 23.6 Å². The van der Waals surface area contributed by atoms with Crippen molar-refractivity contribution >= 4 is 27.3 Å². The molecule has 0 aliphatic rings. The lowest BCUT2D eigenvalue weighted by Crippen LogP contribution is -2.23. The number of aromatic nitrogens is 3. The van der Waals surface area contributed by atoms with Crippen LogP contribution in [-0.2, 0) is 6.54 Å². The van der Waals surface area contributed by atoms with Gasteiger partial charge in [0.2, 0.25) is 5.78 Å². The molecule has 2 heterocycles. The van der Waals surface area contributed by atoms with E-state index in [1.54, 1.807) is 16.7 Å². The fourth-order valence-electron chi connectivity index (χ4n) is 3.56. The maximum Gasteiger partial charge on any atom is 0.308 e. The summed E-state index contributed by atoms with van der Waals surface area (Å²) in [5.74, 6) is -0.338. The van der Waals surface area contributed by atoms with Crippen LogP contribution in [0, 0.1) is 6.92 Å². The Bertz CT molecular complexity index is 1320. The molecule has 0 atom stereocenters. The molecular formula is C22H21N3O3S. The molecule has 0 saturated carbocycles. The molecule has 0 fully saturated rings. The van der Waals surface area contributed by atoms with Crippen molar-refractivity contribution in [3.8, 4) is 0 Å². The van der Waals surface area contributed by atoms with E-state index in [1.165, 1.54) is 10.9 Å². The highest BCUT2D eigenvalue weighted by Gasteiger charge is 2.22. The van der Waals surface area contributed by atoms with Crippen molar-refractivity contribution in [1.82, 2.24) is 14.3 Å². The molecule has 2 aromatic carbocycles. The van der Waals surface area contributed by atoms with Crippen LogP contribution in [0.25, 0.3) is 10.2 Å². The molecule has 6 nitrogen and oxygen atoms in total. The number of rotatable bonds is 5. The minimum absolute atomic E-state index is 0.0689. The molecule has 4 aromatic rings. The predicted octanol–water partition coefficient (Wildman–Crippen LogP) is 3.72. The maximum absolute atomic E-state index is 13.1. The quantitative estimate of drug-likeness (QED) is 0.512. The fourth-order valence-corrected chi connectivity index (χ4v) is 4.51. The first-order chi connectivity index (χ1) is 13.9. The van der Waals surface area contributed by atoms with Crippen LogP contribution in [0.1, 0.15) is 46.9 Å². The first-order valence-corrected chi connectivity index (χ1v) is 10.2. The highest BCUT2D eigenvalue weighted by Crippen LogP contribution is 2.26. The molecule has 0 radical (unpaired) electrons. The smallest absolute Gasteiger partial charge is 0.302 e. The summed E-state index contributed by atoms with van der Waals surface area (Å²) in [4.78, 5) is 38.2. The second kappa shape index (κ2) is 7.33. The summed E-state index contributed by atoms with van der Waals surface area (Å²) in [5, 5.41) is 2.86. The van der Waals surface area contributed by atoms with Gasteiger partial charge in [0, 0.05) is 17.8 Å². The van der Waals surface area contributed by atoms with Gasteiger partial charge in [-0.25, -0.2) is 0 Å². The number of carbonyl (C=O) groups excluding carboxylic acids is 1. The molecule has 1 N–H and O–H groups in total. The van der Waals surface area contributed by atoms with E-state index in [2.05, 4.69) is 5.10 Å². The Morgan fingerprint density at radius 1 is 1.07 bits per heavy atom. The van der Waals surface area contributed by atoms with Gasteiger partial charge in [-0.15, -0.1) is 0 Å². The summed E-state index contributed by atoms with van der Waals surface area (Å²) in [6, 6.07) is 13.2. The standard InChI is InChI=1S/C22H21N3O3S/c1-13(2)25-21(27)17(11-23-25)20(26)16-9-10-18-19(14(16)3)24(22(28)29-18)12-15-7-5-4-6-8-15/h4-11,13,23H,12H2,1-3H3. The Labute approximate surface area is 171 Å². The summed E-state index contributed by atoms with van der Waals surface area (Å²) >= 11 is 1.16. The number of thiazole rings is 1. The highest BCUT2D eigenvalue weighted by molar-refractivity contribution is 7.16. The number of hydrogen-bond acceptors (Lipinski definition) is 4. The molecule has 0 spiro atoms. The average molecular weight is 407 g/mol. The topological polar surface area (TPSA) is 76.9 Å². The van der Waals surface area contributed by atoms with Crippen molar-refractivity contribution in [2.75, 3.05) is 0 Å². The Morgan fingerprint density at radius 3 is 2.45 bits per heavy atom. The molecular weight excluding hydrogens is 386 g/mol. The molecule has 7 heteroatoms. The maximum atomic E-state index is 13.1. The van der Waals surface area contributed by atoms with E-state index in [0.29, 0.717) is 17.7 Å². The second-order valence-electron chi connectivity index (χ2n) is 7.31. The lowest BCUT2D eigenvalue weighted by Gasteiger charge is -2.09. The predicted molar refractivity (Wildman–Crippen MR) is 115 cm³/mol. The largest absolute Gasteiger partial charge is 0.308 e. The van der Waals surface area contributed by atoms with Gasteiger partial charge in [-0.2, -0.15) is 0 Å². The van der Waals surface area contributed by atoms with E-state index >= 15 is 0 Å². The lowest BCUT2D eigenvalue weighted by molar-refractivity contribution is 0.103. The van der Waals surface area contributed by atoms with Crippen molar-refractivity contribution < 1.29 is 4.79 Å². The van der Waals surface area contributed by atoms with Crippen LogP contribution in [-0.4, -0.2) is 20.1 Å². The van der Waals surface area contributed by atoms with Crippen LogP contribution in [0.15, 0.2) is 58.3 Å². The molecule has 148 valence electrons. The van der Waals surface area contributed by atoms with E-state index < -0.39 is 0 Å². The van der Waals surface area contributed by atoms with Crippen LogP contribution in [0.5, 0.6) is 0 Å². The zero-order chi connectivity index (χ0) is 20.7. The van der Waals surface area contributed by atoms with E-state index in [1.807, 2.05) is 51.1 Å². The zero-order valence-corrected chi connectivity index (χ0v) is 17.2. The third kappa shape index (κ3) is 3.27. The number of hydrogen-bond donors (Lipinski definition) is 1. The van der Waals surface area contributed by atoms with Crippen molar-refractivity contribution in [3.63, 3.8) is 0 Å². The first-order valence-electron chi connectivity index (χ1n) is 9.40. The van der Waals surface area contributed by atoms with Gasteiger partial charge in [-0.05, 0) is 44.0 Å². The van der Waals surface area contributed by atoms with Crippen molar-refractivity contribution in [3.05, 3.63) is 90.9 Å². The molecule has 4 rings (SSSR count). The second-order valence-corrected chi connectivity index (χ2v) is 8.30. The lowest BCUT2D eigenvalue weighted by atomic mass is 10.00. The number of aryl methyl sites for hydroxylation is 1. The number of nitrogens with one attached hydrogen (secondary N) is 1. The van der Waals surface area contributed by atoms with Gasteiger partial charge in [0.1, 0.15) is 5.56 Å². The summed E-state index contributed by atoms with van der Waals surface area (Å²) < 4.78 is 3.95. The molecule has 0 unspecified atom stereocenters. The van der Waals surface area contributed by atoms with Crippen LogP contribution < -0.4 is 10.4 Å². The normalized spacial score (nSPS) is 11.4. The van der Waals surface area contributed by atoms with Gasteiger partial charge >= 0.3 is 4.87 Å². The molecule has 0 saturated heterocycles. The number of aromatic amines is 1. The molecule has 0 bridgehead atoms. The van der Waals surface area contributed by atoms with Gasteiger partial charge in [0.25, 0.3) is 5.56 Å². The van der Waals surface area contributed by atoms with Crippen LogP contribution in [0.4, 0.5) is 0 Å². The summed E-state index contributed by atoms with van der Waals surface area (Å²) in [6.45, 7) is 6.01. The van der Waals surface area contributed by atoms with Crippen LogP contribution in [0.3, 0.4) is 0 Å². The van der Waals surface area contributed by atoms with Crippen molar-refractivity contribution in [2.45, 2.75) is 33.4 Å². The SMILES string of the molecule is Cc1c(C(=O)c2c[nH]n(C(C)C)c2=O)ccc2sc(=O)n(Cc3ccccc3)c12. The van der Waals surface area contributed by atoms with Crippen molar-refractivity contribution in [1.29, 1.82) is 0 Å². The Hall–Kier alpha value is -3.19.